The fourth-order valence-electron chi connectivity index (χ4n) is 1.03. The van der Waals surface area contributed by atoms with E-state index in [9.17, 15) is 13.2 Å². The molecule has 0 saturated heterocycles. The predicted molar refractivity (Wildman–Crippen MR) is 67.2 cm³/mol. The van der Waals surface area contributed by atoms with Crippen LogP contribution in [0, 0.1) is 0 Å². The maximum absolute atomic E-state index is 10.8. The molecule has 1 N–H and O–H groups in total. The van der Waals surface area contributed by atoms with Crippen molar-refractivity contribution in [1.29, 1.82) is 0 Å². The Morgan fingerprint density at radius 3 is 2.06 bits per heavy atom. The van der Waals surface area contributed by atoms with Crippen LogP contribution in [-0.2, 0) is 24.1 Å². The number of hydrogen-bond donors (Lipinski definition) is 1. The molecule has 0 rings (SSSR count). The molecule has 0 aromatic heterocycles. The number of nitrogens with zero attached hydrogens (tertiary/aromatic N) is 1. The molecule has 18 heavy (non-hydrogen) atoms. The summed E-state index contributed by atoms with van der Waals surface area (Å²) in [5, 5.41) is 0. The molecule has 0 aromatic rings. The van der Waals surface area contributed by atoms with Gasteiger partial charge in [0, 0.05) is 6.08 Å². The van der Waals surface area contributed by atoms with Gasteiger partial charge in [-0.3, -0.25) is 13.6 Å². The van der Waals surface area contributed by atoms with Gasteiger partial charge in [-0.2, -0.15) is 8.42 Å². The van der Waals surface area contributed by atoms with E-state index in [0.717, 1.165) is 20.2 Å². The highest BCUT2D eigenvalue weighted by atomic mass is 32.3. The first-order valence-corrected chi connectivity index (χ1v) is 6.68. The third kappa shape index (κ3) is 11.5. The topological polar surface area (TPSA) is 93.1 Å². The van der Waals surface area contributed by atoms with Gasteiger partial charge in [0.05, 0.1) is 7.11 Å². The molecule has 0 saturated carbocycles. The van der Waals surface area contributed by atoms with Crippen LogP contribution in [0.4, 0.5) is 0 Å². The van der Waals surface area contributed by atoms with Crippen LogP contribution in [0.15, 0.2) is 12.7 Å². The molecule has 0 spiro atoms. The summed E-state index contributed by atoms with van der Waals surface area (Å²) in [6.45, 7) is 11.0. The van der Waals surface area contributed by atoms with Gasteiger partial charge < -0.3 is 4.74 Å². The van der Waals surface area contributed by atoms with Gasteiger partial charge in [0.25, 0.3) is 0 Å². The molecule has 0 aliphatic heterocycles. The SMILES string of the molecule is C=CC(=O)OC(C)N(CC)CC.COS(=O)(=O)O. The van der Waals surface area contributed by atoms with Gasteiger partial charge >= 0.3 is 16.4 Å². The number of hydrogen-bond acceptors (Lipinski definition) is 6. The van der Waals surface area contributed by atoms with Gasteiger partial charge in [0.2, 0.25) is 0 Å². The van der Waals surface area contributed by atoms with Crippen molar-refractivity contribution in [1.82, 2.24) is 4.90 Å². The van der Waals surface area contributed by atoms with Crippen LogP contribution >= 0.6 is 0 Å². The summed E-state index contributed by atoms with van der Waals surface area (Å²) < 4.78 is 34.7. The third-order valence-corrected chi connectivity index (χ3v) is 2.41. The van der Waals surface area contributed by atoms with Crippen molar-refractivity contribution in [2.24, 2.45) is 0 Å². The zero-order valence-corrected chi connectivity index (χ0v) is 11.9. The van der Waals surface area contributed by atoms with Crippen molar-refractivity contribution in [3.05, 3.63) is 12.7 Å². The third-order valence-electron chi connectivity index (χ3n) is 1.99. The second kappa shape index (κ2) is 10.0. The molecular weight excluding hydrogens is 262 g/mol. The minimum Gasteiger partial charge on any atom is -0.443 e. The van der Waals surface area contributed by atoms with Crippen molar-refractivity contribution >= 4 is 16.4 Å². The van der Waals surface area contributed by atoms with Crippen LogP contribution in [0.3, 0.4) is 0 Å². The second-order valence-corrected chi connectivity index (χ2v) is 4.24. The van der Waals surface area contributed by atoms with Crippen molar-refractivity contribution in [3.63, 3.8) is 0 Å². The minimum absolute atomic E-state index is 0.162. The van der Waals surface area contributed by atoms with E-state index < -0.39 is 10.4 Å². The molecule has 8 heteroatoms. The van der Waals surface area contributed by atoms with Gasteiger partial charge in [-0.25, -0.2) is 4.79 Å². The largest absolute Gasteiger partial charge is 0.443 e. The van der Waals surface area contributed by atoms with E-state index in [1.165, 1.54) is 6.08 Å². The summed E-state index contributed by atoms with van der Waals surface area (Å²) in [7, 11) is -3.29. The number of esters is 1. The van der Waals surface area contributed by atoms with E-state index in [2.05, 4.69) is 10.8 Å². The lowest BCUT2D eigenvalue weighted by molar-refractivity contribution is -0.150. The number of carbonyl (C=O) groups is 1. The Morgan fingerprint density at radius 2 is 1.83 bits per heavy atom. The summed E-state index contributed by atoms with van der Waals surface area (Å²) in [5.74, 6) is -0.366. The second-order valence-electron chi connectivity index (χ2n) is 3.06. The van der Waals surface area contributed by atoms with Crippen molar-refractivity contribution in [3.8, 4) is 0 Å². The molecule has 0 bridgehead atoms. The zero-order chi connectivity index (χ0) is 14.8. The number of carbonyl (C=O) groups excluding carboxylic acids is 1. The van der Waals surface area contributed by atoms with Gasteiger partial charge in [-0.15, -0.1) is 0 Å². The average Bonchev–Trinajstić information content (AvgIpc) is 2.30. The molecule has 0 heterocycles. The molecule has 7 nitrogen and oxygen atoms in total. The van der Waals surface area contributed by atoms with E-state index in [1.54, 1.807) is 0 Å². The Morgan fingerprint density at radius 1 is 1.44 bits per heavy atom. The standard InChI is InChI=1S/C9H17NO2.CH4O4S/c1-5-9(11)12-8(4)10(6-2)7-3;1-5-6(2,3)4/h5,8H,1,6-7H2,2-4H3;1H3,(H,2,3,4). The Hall–Kier alpha value is -0.960. The predicted octanol–water partition coefficient (Wildman–Crippen LogP) is 0.839. The Kier molecular flexibility index (Phi) is 10.8. The molecule has 1 atom stereocenters. The summed E-state index contributed by atoms with van der Waals surface area (Å²) in [6, 6.07) is 0. The van der Waals surface area contributed by atoms with Crippen molar-refractivity contribution in [2.45, 2.75) is 27.0 Å². The lowest BCUT2D eigenvalue weighted by Crippen LogP contribution is -2.35. The first kappa shape index (κ1) is 19.4. The minimum atomic E-state index is -4.16. The van der Waals surface area contributed by atoms with E-state index in [1.807, 2.05) is 25.7 Å². The van der Waals surface area contributed by atoms with Gasteiger partial charge in [-0.05, 0) is 20.0 Å². The summed E-state index contributed by atoms with van der Waals surface area (Å²) >= 11 is 0. The lowest BCUT2D eigenvalue weighted by atomic mass is 10.4. The van der Waals surface area contributed by atoms with Crippen molar-refractivity contribution in [2.75, 3.05) is 20.2 Å². The summed E-state index contributed by atoms with van der Waals surface area (Å²) in [6.07, 6.45) is 1.02. The Bertz CT molecular complexity index is 336. The zero-order valence-electron chi connectivity index (χ0n) is 11.1. The quantitative estimate of drug-likeness (QED) is 0.334. The smallest absolute Gasteiger partial charge is 0.397 e. The first-order chi connectivity index (χ1) is 8.21. The van der Waals surface area contributed by atoms with Gasteiger partial charge in [0.15, 0.2) is 6.23 Å². The first-order valence-electron chi connectivity index (χ1n) is 5.31. The highest BCUT2D eigenvalue weighted by Gasteiger charge is 2.12. The fraction of sp³-hybridized carbons (Fsp3) is 0.700. The highest BCUT2D eigenvalue weighted by Crippen LogP contribution is 2.00. The van der Waals surface area contributed by atoms with E-state index >= 15 is 0 Å². The molecular formula is C10H21NO6S. The van der Waals surface area contributed by atoms with Crippen LogP contribution in [0.2, 0.25) is 0 Å². The molecule has 108 valence electrons. The van der Waals surface area contributed by atoms with Crippen molar-refractivity contribution < 1.29 is 26.7 Å². The fourth-order valence-corrected chi connectivity index (χ4v) is 1.03. The highest BCUT2D eigenvalue weighted by molar-refractivity contribution is 7.80. The molecule has 0 aromatic carbocycles. The van der Waals surface area contributed by atoms with Crippen LogP contribution in [0.1, 0.15) is 20.8 Å². The van der Waals surface area contributed by atoms with Gasteiger partial charge in [0.1, 0.15) is 0 Å². The summed E-state index contributed by atoms with van der Waals surface area (Å²) in [5.41, 5.74) is 0. The number of ether oxygens (including phenoxy) is 1. The van der Waals surface area contributed by atoms with Crippen LogP contribution in [0.25, 0.3) is 0 Å². The molecule has 0 aliphatic rings. The van der Waals surface area contributed by atoms with Crippen LogP contribution in [-0.4, -0.2) is 50.3 Å². The molecule has 0 radical (unpaired) electrons. The van der Waals surface area contributed by atoms with E-state index in [4.69, 9.17) is 9.29 Å². The normalized spacial score (nSPS) is 12.3. The Balaban J connectivity index is 0. The maximum atomic E-state index is 10.8. The average molecular weight is 283 g/mol. The lowest BCUT2D eigenvalue weighted by Gasteiger charge is -2.25. The van der Waals surface area contributed by atoms with Crippen LogP contribution < -0.4 is 0 Å². The summed E-state index contributed by atoms with van der Waals surface area (Å²) in [4.78, 5) is 12.8. The van der Waals surface area contributed by atoms with E-state index in [0.29, 0.717) is 0 Å². The molecule has 0 amide bonds. The molecule has 1 unspecified atom stereocenters. The van der Waals surface area contributed by atoms with Crippen LogP contribution in [0.5, 0.6) is 0 Å². The Labute approximate surface area is 108 Å². The molecule has 0 aliphatic carbocycles. The van der Waals surface area contributed by atoms with Gasteiger partial charge in [-0.1, -0.05) is 20.4 Å². The van der Waals surface area contributed by atoms with E-state index in [-0.39, 0.29) is 12.2 Å². The monoisotopic (exact) mass is 283 g/mol. The molecule has 0 fully saturated rings. The maximum Gasteiger partial charge on any atom is 0.397 e. The number of rotatable bonds is 6.